The van der Waals surface area contributed by atoms with Crippen molar-refractivity contribution in [3.63, 3.8) is 0 Å². The number of Topliss-reactive ketones (excluding diaryl/α,β-unsaturated/α-hetero) is 2. The average Bonchev–Trinajstić information content (AvgIpc) is 2.84. The van der Waals surface area contributed by atoms with Crippen molar-refractivity contribution in [2.45, 2.75) is 9.79 Å². The van der Waals surface area contributed by atoms with Gasteiger partial charge in [-0.2, -0.15) is 0 Å². The molecule has 0 atom stereocenters. The summed E-state index contributed by atoms with van der Waals surface area (Å²) < 4.78 is 0. The zero-order chi connectivity index (χ0) is 21.2. The van der Waals surface area contributed by atoms with E-state index in [9.17, 15) is 9.59 Å². The minimum absolute atomic E-state index is 0.206. The molecule has 2 nitrogen and oxygen atoms in total. The third-order valence-electron chi connectivity index (χ3n) is 5.31. The number of benzene rings is 4. The van der Waals surface area contributed by atoms with Gasteiger partial charge in [0.15, 0.2) is 11.6 Å². The summed E-state index contributed by atoms with van der Waals surface area (Å²) in [6.45, 7) is 0. The second kappa shape index (κ2) is 8.21. The number of ketones is 2. The summed E-state index contributed by atoms with van der Waals surface area (Å²) in [4.78, 5) is 29.7. The van der Waals surface area contributed by atoms with Crippen molar-refractivity contribution >= 4 is 28.9 Å². The van der Waals surface area contributed by atoms with Crippen LogP contribution in [0.15, 0.2) is 125 Å². The summed E-state index contributed by atoms with van der Waals surface area (Å²) in [7, 11) is 0. The Morgan fingerprint density at radius 1 is 0.484 bits per heavy atom. The van der Waals surface area contributed by atoms with Gasteiger partial charge in [-0.25, -0.2) is 0 Å². The van der Waals surface area contributed by atoms with Gasteiger partial charge in [0.05, 0.1) is 5.57 Å². The third kappa shape index (κ3) is 3.54. The van der Waals surface area contributed by atoms with E-state index in [0.29, 0.717) is 16.7 Å². The lowest BCUT2D eigenvalue weighted by Gasteiger charge is -2.24. The maximum absolute atomic E-state index is 13.8. The van der Waals surface area contributed by atoms with E-state index in [1.165, 1.54) is 0 Å². The molecule has 0 radical (unpaired) electrons. The fourth-order valence-corrected chi connectivity index (χ4v) is 4.95. The largest absolute Gasteiger partial charge is 0.288 e. The molecular formula is C28H18O2S. The highest BCUT2D eigenvalue weighted by Gasteiger charge is 2.31. The molecule has 4 aromatic carbocycles. The van der Waals surface area contributed by atoms with Crippen LogP contribution in [0, 0.1) is 0 Å². The summed E-state index contributed by atoms with van der Waals surface area (Å²) in [5.41, 5.74) is 3.74. The fourth-order valence-electron chi connectivity index (χ4n) is 3.86. The zero-order valence-corrected chi connectivity index (χ0v) is 17.4. The lowest BCUT2D eigenvalue weighted by Crippen LogP contribution is -2.18. The predicted molar refractivity (Wildman–Crippen MR) is 125 cm³/mol. The monoisotopic (exact) mass is 418 g/mol. The van der Waals surface area contributed by atoms with E-state index >= 15 is 0 Å². The van der Waals surface area contributed by atoms with Gasteiger partial charge in [-0.3, -0.25) is 9.59 Å². The molecule has 31 heavy (non-hydrogen) atoms. The molecule has 0 unspecified atom stereocenters. The second-order valence-electron chi connectivity index (χ2n) is 7.23. The molecule has 1 aliphatic heterocycles. The molecule has 4 aromatic rings. The van der Waals surface area contributed by atoms with Gasteiger partial charge in [-0.15, -0.1) is 0 Å². The Hall–Kier alpha value is -3.69. The number of fused-ring (bicyclic) bond motifs is 2. The van der Waals surface area contributed by atoms with Crippen molar-refractivity contribution in [3.05, 3.63) is 137 Å². The van der Waals surface area contributed by atoms with Gasteiger partial charge in [-0.1, -0.05) is 109 Å². The third-order valence-corrected chi connectivity index (χ3v) is 6.46. The van der Waals surface area contributed by atoms with Crippen molar-refractivity contribution in [3.8, 4) is 0 Å². The summed E-state index contributed by atoms with van der Waals surface area (Å²) in [5, 5.41) is 0. The van der Waals surface area contributed by atoms with Crippen LogP contribution in [0.25, 0.3) is 5.57 Å². The van der Waals surface area contributed by atoms with Gasteiger partial charge in [0, 0.05) is 26.5 Å². The van der Waals surface area contributed by atoms with Crippen LogP contribution in [0.1, 0.15) is 31.8 Å². The second-order valence-corrected chi connectivity index (χ2v) is 8.32. The normalized spacial score (nSPS) is 11.9. The van der Waals surface area contributed by atoms with E-state index in [-0.39, 0.29) is 17.1 Å². The van der Waals surface area contributed by atoms with E-state index in [2.05, 4.69) is 0 Å². The standard InChI is InChI=1S/C28H18O2S/c29-27(19-11-3-1-4-12-19)26(28(30)20-13-5-2-6-14-20)25-21-15-7-9-17-23(21)31-24-18-10-8-16-22(24)25/h1-18H. The van der Waals surface area contributed by atoms with Crippen LogP contribution in [0.4, 0.5) is 0 Å². The number of carbonyl (C=O) groups excluding carboxylic acids is 2. The topological polar surface area (TPSA) is 34.1 Å². The molecule has 0 aliphatic carbocycles. The van der Waals surface area contributed by atoms with Crippen molar-refractivity contribution in [2.24, 2.45) is 0 Å². The molecular weight excluding hydrogens is 400 g/mol. The molecule has 0 bridgehead atoms. The van der Waals surface area contributed by atoms with Gasteiger partial charge in [0.25, 0.3) is 0 Å². The molecule has 0 aromatic heterocycles. The van der Waals surface area contributed by atoms with Crippen LogP contribution < -0.4 is 0 Å². The molecule has 1 heterocycles. The summed E-state index contributed by atoms with van der Waals surface area (Å²) in [6, 6.07) is 34.0. The van der Waals surface area contributed by atoms with E-state index in [1.54, 1.807) is 36.0 Å². The minimum Gasteiger partial charge on any atom is -0.288 e. The average molecular weight is 419 g/mol. The smallest absolute Gasteiger partial charge is 0.197 e. The number of hydrogen-bond donors (Lipinski definition) is 0. The van der Waals surface area contributed by atoms with Crippen LogP contribution in [-0.4, -0.2) is 11.6 Å². The Morgan fingerprint density at radius 2 is 0.871 bits per heavy atom. The van der Waals surface area contributed by atoms with Crippen LogP contribution in [0.2, 0.25) is 0 Å². The molecule has 1 aliphatic rings. The Labute approximate surface area is 185 Å². The van der Waals surface area contributed by atoms with Crippen molar-refractivity contribution in [1.29, 1.82) is 0 Å². The van der Waals surface area contributed by atoms with Crippen LogP contribution in [-0.2, 0) is 0 Å². The van der Waals surface area contributed by atoms with Gasteiger partial charge in [0.2, 0.25) is 0 Å². The highest BCUT2D eigenvalue weighted by molar-refractivity contribution is 7.99. The molecule has 0 fully saturated rings. The highest BCUT2D eigenvalue weighted by Crippen LogP contribution is 2.47. The van der Waals surface area contributed by atoms with E-state index in [4.69, 9.17) is 0 Å². The van der Waals surface area contributed by atoms with E-state index < -0.39 is 0 Å². The zero-order valence-electron chi connectivity index (χ0n) is 16.6. The molecule has 0 saturated carbocycles. The molecule has 0 saturated heterocycles. The molecule has 5 rings (SSSR count). The molecule has 0 spiro atoms. The number of allylic oxidation sites excluding steroid dienone is 1. The summed E-state index contributed by atoms with van der Waals surface area (Å²) >= 11 is 1.66. The van der Waals surface area contributed by atoms with Crippen molar-refractivity contribution < 1.29 is 9.59 Å². The van der Waals surface area contributed by atoms with Crippen molar-refractivity contribution in [2.75, 3.05) is 0 Å². The molecule has 3 heteroatoms. The van der Waals surface area contributed by atoms with Crippen LogP contribution in [0.3, 0.4) is 0 Å². The van der Waals surface area contributed by atoms with E-state index in [1.807, 2.05) is 84.9 Å². The van der Waals surface area contributed by atoms with Gasteiger partial charge in [-0.05, 0) is 23.3 Å². The van der Waals surface area contributed by atoms with Gasteiger partial charge >= 0.3 is 0 Å². The first-order valence-electron chi connectivity index (χ1n) is 10.0. The van der Waals surface area contributed by atoms with Gasteiger partial charge in [0.1, 0.15) is 0 Å². The van der Waals surface area contributed by atoms with Gasteiger partial charge < -0.3 is 0 Å². The number of hydrogen-bond acceptors (Lipinski definition) is 3. The Kier molecular flexibility index (Phi) is 5.11. The predicted octanol–water partition coefficient (Wildman–Crippen LogP) is 6.72. The fraction of sp³-hybridized carbons (Fsp3) is 0. The lowest BCUT2D eigenvalue weighted by atomic mass is 9.85. The maximum atomic E-state index is 13.8. The first kappa shape index (κ1) is 19.3. The first-order chi connectivity index (χ1) is 15.2. The summed E-state index contributed by atoms with van der Waals surface area (Å²) in [5.74, 6) is -0.526. The first-order valence-corrected chi connectivity index (χ1v) is 10.9. The van der Waals surface area contributed by atoms with Crippen molar-refractivity contribution in [1.82, 2.24) is 0 Å². The minimum atomic E-state index is -0.263. The van der Waals surface area contributed by atoms with Crippen LogP contribution >= 0.6 is 11.8 Å². The number of rotatable bonds is 4. The Bertz CT molecular complexity index is 1220. The van der Waals surface area contributed by atoms with Crippen LogP contribution in [0.5, 0.6) is 0 Å². The summed E-state index contributed by atoms with van der Waals surface area (Å²) in [6.07, 6.45) is 0. The molecule has 0 amide bonds. The Morgan fingerprint density at radius 3 is 1.32 bits per heavy atom. The SMILES string of the molecule is O=C(C(C(=O)c1ccccc1)=C1c2ccccc2Sc2ccccc21)c1ccccc1. The van der Waals surface area contributed by atoms with E-state index in [0.717, 1.165) is 20.9 Å². The lowest BCUT2D eigenvalue weighted by molar-refractivity contribution is 0.0963. The number of carbonyl (C=O) groups is 2. The molecule has 148 valence electrons. The molecule has 0 N–H and O–H groups in total. The maximum Gasteiger partial charge on any atom is 0.197 e. The Balaban J connectivity index is 1.85. The highest BCUT2D eigenvalue weighted by atomic mass is 32.2. The quantitative estimate of drug-likeness (QED) is 0.141.